The van der Waals surface area contributed by atoms with Crippen LogP contribution in [0.1, 0.15) is 27.7 Å². The Morgan fingerprint density at radius 2 is 1.15 bits per heavy atom. The number of carbonyl (C=O) groups excluding carboxylic acids is 3. The van der Waals surface area contributed by atoms with Crippen molar-refractivity contribution >= 4 is 23.7 Å². The first-order valence-electron chi connectivity index (χ1n) is 16.9. The van der Waals surface area contributed by atoms with Crippen LogP contribution in [0.4, 0.5) is 0 Å². The summed E-state index contributed by atoms with van der Waals surface area (Å²) in [6.45, 7) is 3.16. The Hall–Kier alpha value is -2.76. The quantitative estimate of drug-likeness (QED) is 0.0873. The summed E-state index contributed by atoms with van der Waals surface area (Å²) in [4.78, 5) is 48.0. The monoisotopic (exact) mass is 787 g/mol. The summed E-state index contributed by atoms with van der Waals surface area (Å²) < 4.78 is 38.8. The molecular formula is C30H49N3O21. The van der Waals surface area contributed by atoms with E-state index in [0.717, 1.165) is 20.8 Å². The lowest BCUT2D eigenvalue weighted by Gasteiger charge is -2.48. The molecule has 4 heterocycles. The first kappa shape index (κ1) is 44.0. The maximum absolute atomic E-state index is 12.5. The van der Waals surface area contributed by atoms with Gasteiger partial charge in [0.1, 0.15) is 79.2 Å². The van der Waals surface area contributed by atoms with Gasteiger partial charge in [-0.2, -0.15) is 0 Å². The highest BCUT2D eigenvalue weighted by Crippen LogP contribution is 2.33. The van der Waals surface area contributed by atoms with Gasteiger partial charge in [-0.25, -0.2) is 4.79 Å². The lowest BCUT2D eigenvalue weighted by Crippen LogP contribution is -2.69. The standard InChI is InChI=1S/C30H49N3O21/c1-7-16(38)13(31-8(2)35)20(42)29(49-7)48-6-12-17(39)19(41)14(32-9(3)36)28(51-12)53-24-21(43)22(44)30(54-25(24)26(45)46)52-23-15(33-10(4)37)27(47)50-11(5-34)18(23)40/h7,11-25,27-30,34,38-44,47H,5-6H2,1-4H3,(H,31,35)(H,32,36)(H,33,37)(H,45,46)/t7-,11-,12-,13+,14-,15-,16-,17-,18+,19-,20-,21-,22-,23-,24+,25+,27+,28-,29-,30-/m1/s1. The molecule has 0 spiro atoms. The second-order valence-corrected chi connectivity index (χ2v) is 13.4. The molecule has 3 amide bonds. The second-order valence-electron chi connectivity index (χ2n) is 13.4. The summed E-state index contributed by atoms with van der Waals surface area (Å²) >= 11 is 0. The predicted octanol–water partition coefficient (Wildman–Crippen LogP) is -8.20. The Morgan fingerprint density at radius 3 is 1.72 bits per heavy atom. The Kier molecular flexibility index (Phi) is 15.0. The molecule has 24 heteroatoms. The first-order chi connectivity index (χ1) is 25.3. The van der Waals surface area contributed by atoms with Gasteiger partial charge in [-0.3, -0.25) is 14.4 Å². The van der Waals surface area contributed by atoms with Crippen molar-refractivity contribution in [3.63, 3.8) is 0 Å². The molecule has 0 saturated carbocycles. The number of ether oxygens (including phenoxy) is 7. The number of hydrogen-bond donors (Lipinski definition) is 13. The molecule has 0 aromatic carbocycles. The fraction of sp³-hybridized carbons (Fsp3) is 0.867. The molecule has 4 rings (SSSR count). The van der Waals surface area contributed by atoms with Gasteiger partial charge >= 0.3 is 5.97 Å². The molecule has 0 aromatic rings. The SMILES string of the molecule is CC(=O)N[C@@H]1[C@@H](O)[C@H](OC[C@H]2O[C@H](O[C@H]3[C@H](O)[C@@H](O)[C@H](O[C@H]4[C@@H](O)[C@@H](CO)O[C@H](O)[C@@H]4NC(C)=O)O[C@@H]3C(=O)O)[C@H](NC(C)=O)[C@@H](O)[C@@H]2O)O[C@H](C)[C@H]1O. The Morgan fingerprint density at radius 1 is 0.574 bits per heavy atom. The average Bonchev–Trinajstić information content (AvgIpc) is 3.09. The van der Waals surface area contributed by atoms with Crippen LogP contribution in [0.25, 0.3) is 0 Å². The predicted molar refractivity (Wildman–Crippen MR) is 168 cm³/mol. The highest BCUT2D eigenvalue weighted by molar-refractivity contribution is 5.74. The minimum absolute atomic E-state index is 0.579. The molecule has 20 atom stereocenters. The van der Waals surface area contributed by atoms with Crippen LogP contribution >= 0.6 is 0 Å². The zero-order chi connectivity index (χ0) is 40.3. The summed E-state index contributed by atoms with van der Waals surface area (Å²) in [5, 5.41) is 113. The van der Waals surface area contributed by atoms with Gasteiger partial charge in [0, 0.05) is 20.8 Å². The van der Waals surface area contributed by atoms with Crippen LogP contribution in [-0.4, -0.2) is 211 Å². The third-order valence-electron chi connectivity index (χ3n) is 9.32. The van der Waals surface area contributed by atoms with E-state index in [1.54, 1.807) is 0 Å². The van der Waals surface area contributed by atoms with E-state index in [1.165, 1.54) is 6.92 Å². The highest BCUT2D eigenvalue weighted by Gasteiger charge is 2.56. The van der Waals surface area contributed by atoms with Gasteiger partial charge in [0.15, 0.2) is 31.3 Å². The van der Waals surface area contributed by atoms with E-state index in [9.17, 15) is 70.2 Å². The van der Waals surface area contributed by atoms with Crippen LogP contribution in [0.5, 0.6) is 0 Å². The van der Waals surface area contributed by atoms with Crippen molar-refractivity contribution in [2.45, 2.75) is 150 Å². The van der Waals surface area contributed by atoms with Crippen molar-refractivity contribution < 1.29 is 103 Å². The molecule has 54 heavy (non-hydrogen) atoms. The fourth-order valence-corrected chi connectivity index (χ4v) is 6.59. The van der Waals surface area contributed by atoms with Crippen LogP contribution in [0.2, 0.25) is 0 Å². The van der Waals surface area contributed by atoms with E-state index in [1.807, 2.05) is 0 Å². The number of carboxylic acids is 1. The van der Waals surface area contributed by atoms with E-state index in [-0.39, 0.29) is 0 Å². The molecule has 4 saturated heterocycles. The summed E-state index contributed by atoms with van der Waals surface area (Å²) in [5.74, 6) is -3.89. The molecule has 0 aromatic heterocycles. The van der Waals surface area contributed by atoms with Crippen molar-refractivity contribution in [1.29, 1.82) is 0 Å². The lowest BCUT2D eigenvalue weighted by molar-refractivity contribution is -0.361. The maximum atomic E-state index is 12.5. The molecule has 0 bridgehead atoms. The number of carbonyl (C=O) groups is 4. The number of amides is 3. The van der Waals surface area contributed by atoms with Crippen molar-refractivity contribution in [3.8, 4) is 0 Å². The van der Waals surface area contributed by atoms with E-state index < -0.39 is 160 Å². The summed E-state index contributed by atoms with van der Waals surface area (Å²) in [6.07, 6.45) is -30.4. The minimum atomic E-state index is -2.23. The zero-order valence-electron chi connectivity index (χ0n) is 29.4. The first-order valence-corrected chi connectivity index (χ1v) is 16.9. The molecule has 0 radical (unpaired) electrons. The van der Waals surface area contributed by atoms with Crippen LogP contribution in [-0.2, 0) is 52.3 Å². The maximum Gasteiger partial charge on any atom is 0.335 e. The molecular weight excluding hydrogens is 738 g/mol. The van der Waals surface area contributed by atoms with Crippen LogP contribution in [0.3, 0.4) is 0 Å². The Balaban J connectivity index is 1.54. The summed E-state index contributed by atoms with van der Waals surface area (Å²) in [6, 6.07) is -4.42. The van der Waals surface area contributed by atoms with Gasteiger partial charge in [-0.05, 0) is 6.92 Å². The third-order valence-corrected chi connectivity index (χ3v) is 9.32. The molecule has 4 aliphatic heterocycles. The Labute approximate surface area is 306 Å². The average molecular weight is 788 g/mol. The van der Waals surface area contributed by atoms with Crippen molar-refractivity contribution in [2.24, 2.45) is 0 Å². The number of aliphatic carboxylic acids is 1. The van der Waals surface area contributed by atoms with Crippen molar-refractivity contribution in [1.82, 2.24) is 16.0 Å². The zero-order valence-corrected chi connectivity index (χ0v) is 29.4. The van der Waals surface area contributed by atoms with Crippen LogP contribution < -0.4 is 16.0 Å². The highest BCUT2D eigenvalue weighted by atomic mass is 16.8. The summed E-state index contributed by atoms with van der Waals surface area (Å²) in [5.41, 5.74) is 0. The van der Waals surface area contributed by atoms with Gasteiger partial charge in [-0.15, -0.1) is 0 Å². The van der Waals surface area contributed by atoms with Gasteiger partial charge < -0.3 is 100 Å². The van der Waals surface area contributed by atoms with Crippen molar-refractivity contribution in [2.75, 3.05) is 13.2 Å². The molecule has 24 nitrogen and oxygen atoms in total. The number of carboxylic acid groups (broad SMARTS) is 1. The number of aliphatic hydroxyl groups is 9. The second kappa shape index (κ2) is 18.5. The van der Waals surface area contributed by atoms with Gasteiger partial charge in [0.05, 0.1) is 25.4 Å². The Bertz CT molecular complexity index is 1310. The normalized spacial score (nSPS) is 45.6. The molecule has 4 aliphatic rings. The van der Waals surface area contributed by atoms with Crippen molar-refractivity contribution in [3.05, 3.63) is 0 Å². The summed E-state index contributed by atoms with van der Waals surface area (Å²) in [7, 11) is 0. The number of rotatable bonds is 12. The molecule has 0 unspecified atom stereocenters. The van der Waals surface area contributed by atoms with Crippen LogP contribution in [0.15, 0.2) is 0 Å². The van der Waals surface area contributed by atoms with Gasteiger partial charge in [0.2, 0.25) is 17.7 Å². The van der Waals surface area contributed by atoms with Gasteiger partial charge in [0.25, 0.3) is 0 Å². The molecule has 310 valence electrons. The molecule has 13 N–H and O–H groups in total. The minimum Gasteiger partial charge on any atom is -0.479 e. The lowest BCUT2D eigenvalue weighted by atomic mass is 9.94. The number of nitrogens with one attached hydrogen (secondary N) is 3. The number of aliphatic hydroxyl groups excluding tert-OH is 9. The molecule has 0 aliphatic carbocycles. The smallest absolute Gasteiger partial charge is 0.335 e. The van der Waals surface area contributed by atoms with E-state index >= 15 is 0 Å². The number of hydrogen-bond acceptors (Lipinski definition) is 20. The third kappa shape index (κ3) is 9.78. The van der Waals surface area contributed by atoms with Crippen LogP contribution in [0, 0.1) is 0 Å². The van der Waals surface area contributed by atoms with E-state index in [0.29, 0.717) is 0 Å². The topological polar surface area (TPSA) is 371 Å². The van der Waals surface area contributed by atoms with Gasteiger partial charge in [-0.1, -0.05) is 0 Å². The molecule has 4 fully saturated rings. The fourth-order valence-electron chi connectivity index (χ4n) is 6.59. The largest absolute Gasteiger partial charge is 0.479 e. The van der Waals surface area contributed by atoms with E-state index in [4.69, 9.17) is 33.2 Å². The van der Waals surface area contributed by atoms with E-state index in [2.05, 4.69) is 16.0 Å².